The van der Waals surface area contributed by atoms with E-state index in [2.05, 4.69) is 15.4 Å². The largest absolute Gasteiger partial charge is 0.344 e. The summed E-state index contributed by atoms with van der Waals surface area (Å²) in [5.41, 5.74) is 4.19. The molecule has 132 valence electrons. The molecule has 2 aromatic heterocycles. The third-order valence-electron chi connectivity index (χ3n) is 4.75. The van der Waals surface area contributed by atoms with Gasteiger partial charge in [-0.1, -0.05) is 6.07 Å². The van der Waals surface area contributed by atoms with E-state index in [1.165, 1.54) is 12.1 Å². The van der Waals surface area contributed by atoms with E-state index in [1.807, 2.05) is 19.1 Å². The fourth-order valence-corrected chi connectivity index (χ4v) is 3.40. The predicted molar refractivity (Wildman–Crippen MR) is 95.7 cm³/mol. The highest BCUT2D eigenvalue weighted by Crippen LogP contribution is 2.28. The van der Waals surface area contributed by atoms with Crippen molar-refractivity contribution in [3.05, 3.63) is 77.1 Å². The highest BCUT2D eigenvalue weighted by atomic mass is 19.1. The lowest BCUT2D eigenvalue weighted by Crippen LogP contribution is -2.28. The molecular formula is C20H19FN4O. The number of halogens is 1. The number of nitrogens with one attached hydrogen (secondary N) is 1. The van der Waals surface area contributed by atoms with Crippen molar-refractivity contribution in [3.8, 4) is 5.69 Å². The Kier molecular flexibility index (Phi) is 4.24. The summed E-state index contributed by atoms with van der Waals surface area (Å²) in [6.07, 6.45) is 6.14. The maximum absolute atomic E-state index is 13.2. The molecule has 0 fully saturated rings. The molecular weight excluding hydrogens is 331 g/mol. The second-order valence-electron chi connectivity index (χ2n) is 6.50. The molecule has 0 bridgehead atoms. The predicted octanol–water partition coefficient (Wildman–Crippen LogP) is 3.39. The van der Waals surface area contributed by atoms with Gasteiger partial charge < -0.3 is 5.32 Å². The molecule has 1 unspecified atom stereocenters. The van der Waals surface area contributed by atoms with Gasteiger partial charge in [0, 0.05) is 23.7 Å². The van der Waals surface area contributed by atoms with Gasteiger partial charge in [-0.05, 0) is 62.1 Å². The van der Waals surface area contributed by atoms with Gasteiger partial charge in [0.05, 0.1) is 11.7 Å². The van der Waals surface area contributed by atoms with E-state index in [9.17, 15) is 9.18 Å². The lowest BCUT2D eigenvalue weighted by molar-refractivity contribution is 0.0933. The summed E-state index contributed by atoms with van der Waals surface area (Å²) >= 11 is 0. The average molecular weight is 350 g/mol. The second-order valence-corrected chi connectivity index (χ2v) is 6.50. The molecule has 0 saturated heterocycles. The molecule has 0 radical (unpaired) electrons. The number of pyridine rings is 1. The molecule has 1 aliphatic rings. The fourth-order valence-electron chi connectivity index (χ4n) is 3.40. The summed E-state index contributed by atoms with van der Waals surface area (Å²) in [4.78, 5) is 16.9. The second kappa shape index (κ2) is 6.71. The van der Waals surface area contributed by atoms with Crippen LogP contribution in [0.25, 0.3) is 5.69 Å². The van der Waals surface area contributed by atoms with E-state index in [1.54, 1.807) is 29.2 Å². The number of carbonyl (C=O) groups is 1. The molecule has 1 aliphatic carbocycles. The van der Waals surface area contributed by atoms with E-state index >= 15 is 0 Å². The van der Waals surface area contributed by atoms with E-state index in [-0.39, 0.29) is 17.8 Å². The van der Waals surface area contributed by atoms with E-state index in [0.29, 0.717) is 5.69 Å². The molecule has 4 rings (SSSR count). The van der Waals surface area contributed by atoms with Crippen molar-refractivity contribution in [2.45, 2.75) is 32.2 Å². The van der Waals surface area contributed by atoms with E-state index in [4.69, 9.17) is 0 Å². The van der Waals surface area contributed by atoms with Crippen LogP contribution in [0.1, 0.15) is 46.7 Å². The van der Waals surface area contributed by atoms with Crippen LogP contribution in [-0.2, 0) is 12.8 Å². The minimum Gasteiger partial charge on any atom is -0.344 e. The van der Waals surface area contributed by atoms with Crippen LogP contribution in [0.2, 0.25) is 0 Å². The highest BCUT2D eigenvalue weighted by Gasteiger charge is 2.27. The summed E-state index contributed by atoms with van der Waals surface area (Å²) < 4.78 is 15.0. The topological polar surface area (TPSA) is 59.8 Å². The molecule has 3 aromatic rings. The van der Waals surface area contributed by atoms with Crippen molar-refractivity contribution in [1.82, 2.24) is 20.1 Å². The van der Waals surface area contributed by atoms with Crippen LogP contribution < -0.4 is 5.32 Å². The summed E-state index contributed by atoms with van der Waals surface area (Å²) in [5, 5.41) is 7.55. The maximum Gasteiger partial charge on any atom is 0.272 e. The molecule has 1 N–H and O–H groups in total. The van der Waals surface area contributed by atoms with Crippen molar-refractivity contribution in [2.24, 2.45) is 0 Å². The first-order valence-corrected chi connectivity index (χ1v) is 8.71. The van der Waals surface area contributed by atoms with Crippen molar-refractivity contribution >= 4 is 5.91 Å². The van der Waals surface area contributed by atoms with Crippen LogP contribution in [-0.4, -0.2) is 20.7 Å². The van der Waals surface area contributed by atoms with Gasteiger partial charge >= 0.3 is 0 Å². The molecule has 1 aromatic carbocycles. The Morgan fingerprint density at radius 1 is 1.23 bits per heavy atom. The molecule has 0 saturated carbocycles. The molecule has 26 heavy (non-hydrogen) atoms. The number of rotatable bonds is 4. The minimum absolute atomic E-state index is 0.163. The van der Waals surface area contributed by atoms with Crippen molar-refractivity contribution in [2.75, 3.05) is 0 Å². The Morgan fingerprint density at radius 2 is 2.04 bits per heavy atom. The first kappa shape index (κ1) is 16.4. The van der Waals surface area contributed by atoms with Crippen molar-refractivity contribution in [3.63, 3.8) is 0 Å². The zero-order chi connectivity index (χ0) is 18.1. The summed E-state index contributed by atoms with van der Waals surface area (Å²) in [5.74, 6) is -0.485. The van der Waals surface area contributed by atoms with Gasteiger partial charge in [-0.3, -0.25) is 9.78 Å². The highest BCUT2D eigenvalue weighted by molar-refractivity contribution is 5.94. The normalized spacial score (nSPS) is 14.1. The number of benzene rings is 1. The Morgan fingerprint density at radius 3 is 2.77 bits per heavy atom. The molecule has 6 heteroatoms. The van der Waals surface area contributed by atoms with Crippen LogP contribution in [0.4, 0.5) is 4.39 Å². The van der Waals surface area contributed by atoms with Gasteiger partial charge in [0.1, 0.15) is 5.82 Å². The number of amides is 1. The Labute approximate surface area is 150 Å². The molecule has 0 aliphatic heterocycles. The smallest absolute Gasteiger partial charge is 0.272 e. The standard InChI is InChI=1S/C20H19FN4O/c1-13(14-4-3-11-22-12-14)23-20(26)19-17-5-2-6-18(17)25(24-19)16-9-7-15(21)8-10-16/h3-4,7-13H,2,5-6H2,1H3,(H,23,26). The molecule has 2 heterocycles. The van der Waals surface area contributed by atoms with Gasteiger partial charge in [0.15, 0.2) is 5.69 Å². The third kappa shape index (κ3) is 2.98. The zero-order valence-electron chi connectivity index (χ0n) is 14.4. The van der Waals surface area contributed by atoms with Gasteiger partial charge in [0.25, 0.3) is 5.91 Å². The van der Waals surface area contributed by atoms with Crippen molar-refractivity contribution in [1.29, 1.82) is 0 Å². The van der Waals surface area contributed by atoms with E-state index in [0.717, 1.165) is 41.8 Å². The fraction of sp³-hybridized carbons (Fsp3) is 0.250. The van der Waals surface area contributed by atoms with E-state index < -0.39 is 0 Å². The summed E-state index contributed by atoms with van der Waals surface area (Å²) in [6, 6.07) is 9.79. The maximum atomic E-state index is 13.2. The number of hydrogen-bond acceptors (Lipinski definition) is 3. The lowest BCUT2D eigenvalue weighted by Gasteiger charge is -2.13. The van der Waals surface area contributed by atoms with Gasteiger partial charge in [-0.2, -0.15) is 5.10 Å². The minimum atomic E-state index is -0.291. The summed E-state index contributed by atoms with van der Waals surface area (Å²) in [6.45, 7) is 1.92. The molecule has 5 nitrogen and oxygen atoms in total. The monoisotopic (exact) mass is 350 g/mol. The Hall–Kier alpha value is -3.02. The molecule has 1 amide bonds. The van der Waals surface area contributed by atoms with Crippen LogP contribution >= 0.6 is 0 Å². The quantitative estimate of drug-likeness (QED) is 0.785. The number of carbonyl (C=O) groups excluding carboxylic acids is 1. The Balaban J connectivity index is 1.64. The first-order chi connectivity index (χ1) is 12.6. The van der Waals surface area contributed by atoms with Crippen LogP contribution in [0.3, 0.4) is 0 Å². The SMILES string of the molecule is CC(NC(=O)c1nn(-c2ccc(F)cc2)c2c1CCC2)c1cccnc1. The number of nitrogens with zero attached hydrogens (tertiary/aromatic N) is 3. The number of fused-ring (bicyclic) bond motifs is 1. The summed E-state index contributed by atoms with van der Waals surface area (Å²) in [7, 11) is 0. The number of aromatic nitrogens is 3. The zero-order valence-corrected chi connectivity index (χ0v) is 14.4. The van der Waals surface area contributed by atoms with Gasteiger partial charge in [-0.15, -0.1) is 0 Å². The third-order valence-corrected chi connectivity index (χ3v) is 4.75. The average Bonchev–Trinajstić information content (AvgIpc) is 3.26. The molecule has 1 atom stereocenters. The van der Waals surface area contributed by atoms with Crippen LogP contribution in [0.5, 0.6) is 0 Å². The Bertz CT molecular complexity index is 934. The van der Waals surface area contributed by atoms with Gasteiger partial charge in [-0.25, -0.2) is 9.07 Å². The van der Waals surface area contributed by atoms with Gasteiger partial charge in [0.2, 0.25) is 0 Å². The molecule has 0 spiro atoms. The van der Waals surface area contributed by atoms with Crippen molar-refractivity contribution < 1.29 is 9.18 Å². The first-order valence-electron chi connectivity index (χ1n) is 8.71. The number of hydrogen-bond donors (Lipinski definition) is 1. The lowest BCUT2D eigenvalue weighted by atomic mass is 10.1. The van der Waals surface area contributed by atoms with Crippen LogP contribution in [0.15, 0.2) is 48.8 Å². The van der Waals surface area contributed by atoms with Crippen LogP contribution in [0, 0.1) is 5.82 Å².